The van der Waals surface area contributed by atoms with Crippen LogP contribution < -0.4 is 15.5 Å². The Bertz CT molecular complexity index is 870. The maximum Gasteiger partial charge on any atom is 0.319 e. The van der Waals surface area contributed by atoms with Crippen LogP contribution in [0.15, 0.2) is 42.5 Å². The van der Waals surface area contributed by atoms with Crippen molar-refractivity contribution in [1.29, 1.82) is 0 Å². The molecule has 142 valence electrons. The fraction of sp³-hybridized carbons (Fsp3) is 0.300. The van der Waals surface area contributed by atoms with Gasteiger partial charge in [0.25, 0.3) is 0 Å². The maximum absolute atomic E-state index is 13.7. The minimum absolute atomic E-state index is 0.187. The number of urea groups is 1. The van der Waals surface area contributed by atoms with Gasteiger partial charge in [-0.3, -0.25) is 4.79 Å². The highest BCUT2D eigenvalue weighted by atomic mass is 19.1. The van der Waals surface area contributed by atoms with E-state index in [1.54, 1.807) is 4.90 Å². The third-order valence-electron chi connectivity index (χ3n) is 4.55. The van der Waals surface area contributed by atoms with Crippen LogP contribution in [-0.2, 0) is 11.2 Å². The molecule has 0 aliphatic carbocycles. The van der Waals surface area contributed by atoms with Crippen molar-refractivity contribution in [2.45, 2.75) is 26.3 Å². The highest BCUT2D eigenvalue weighted by Gasteiger charge is 2.32. The number of hydrogen-bond donors (Lipinski definition) is 2. The Morgan fingerprint density at radius 1 is 1.11 bits per heavy atom. The molecule has 2 N–H and O–H groups in total. The minimum Gasteiger partial charge on any atom is -0.326 e. The number of nitrogens with zero attached hydrogens (tertiary/aromatic N) is 1. The minimum atomic E-state index is -0.798. The molecule has 1 aliphatic rings. The molecule has 3 amide bonds. The lowest BCUT2D eigenvalue weighted by Gasteiger charge is -2.27. The normalized spacial score (nSPS) is 14.0. The van der Waals surface area contributed by atoms with E-state index in [1.165, 1.54) is 0 Å². The highest BCUT2D eigenvalue weighted by Crippen LogP contribution is 2.28. The summed E-state index contributed by atoms with van der Waals surface area (Å²) in [6.07, 6.45) is 0.757. The van der Waals surface area contributed by atoms with Crippen LogP contribution in [0.2, 0.25) is 0 Å². The molecule has 1 unspecified atom stereocenters. The first kappa shape index (κ1) is 18.8. The van der Waals surface area contributed by atoms with Gasteiger partial charge >= 0.3 is 6.03 Å². The maximum atomic E-state index is 13.7. The number of rotatable bonds is 4. The van der Waals surface area contributed by atoms with Crippen LogP contribution in [-0.4, -0.2) is 24.5 Å². The summed E-state index contributed by atoms with van der Waals surface area (Å²) < 4.78 is 27.0. The Hall–Kier alpha value is -2.96. The second kappa shape index (κ2) is 7.73. The van der Waals surface area contributed by atoms with Gasteiger partial charge in [0.15, 0.2) is 0 Å². The number of benzene rings is 2. The predicted octanol–water partition coefficient (Wildman–Crippen LogP) is 3.70. The van der Waals surface area contributed by atoms with Gasteiger partial charge in [0, 0.05) is 18.3 Å². The van der Waals surface area contributed by atoms with E-state index in [0.29, 0.717) is 6.54 Å². The first-order valence-corrected chi connectivity index (χ1v) is 8.78. The van der Waals surface area contributed by atoms with Gasteiger partial charge < -0.3 is 15.5 Å². The van der Waals surface area contributed by atoms with Crippen LogP contribution in [0.5, 0.6) is 0 Å². The molecule has 0 fully saturated rings. The van der Waals surface area contributed by atoms with Crippen molar-refractivity contribution in [3.63, 3.8) is 0 Å². The van der Waals surface area contributed by atoms with E-state index in [9.17, 15) is 18.4 Å². The number of nitrogens with one attached hydrogen (secondary N) is 2. The van der Waals surface area contributed by atoms with Gasteiger partial charge in [-0.15, -0.1) is 0 Å². The van der Waals surface area contributed by atoms with Crippen molar-refractivity contribution in [3.8, 4) is 0 Å². The van der Waals surface area contributed by atoms with E-state index in [2.05, 4.69) is 10.6 Å². The average Bonchev–Trinajstić information content (AvgIpc) is 3.06. The second-order valence-corrected chi connectivity index (χ2v) is 6.81. The zero-order chi connectivity index (χ0) is 19.6. The lowest BCUT2D eigenvalue weighted by molar-refractivity contribution is -0.121. The summed E-state index contributed by atoms with van der Waals surface area (Å²) >= 11 is 0. The zero-order valence-electron chi connectivity index (χ0n) is 15.1. The number of carbonyl (C=O) groups excluding carboxylic acids is 2. The van der Waals surface area contributed by atoms with E-state index in [4.69, 9.17) is 0 Å². The number of amides is 3. The average molecular weight is 373 g/mol. The number of hydrogen-bond acceptors (Lipinski definition) is 2. The van der Waals surface area contributed by atoms with Gasteiger partial charge in [0.1, 0.15) is 17.7 Å². The summed E-state index contributed by atoms with van der Waals surface area (Å²) in [5.74, 6) is -1.84. The van der Waals surface area contributed by atoms with Crippen LogP contribution in [0.1, 0.15) is 19.4 Å². The molecule has 27 heavy (non-hydrogen) atoms. The fourth-order valence-corrected chi connectivity index (χ4v) is 3.14. The molecule has 0 bridgehead atoms. The molecule has 0 aromatic heterocycles. The summed E-state index contributed by atoms with van der Waals surface area (Å²) in [5.41, 5.74) is 1.64. The number of anilines is 2. The summed E-state index contributed by atoms with van der Waals surface area (Å²) in [5, 5.41) is 4.85. The molecule has 3 rings (SSSR count). The van der Waals surface area contributed by atoms with E-state index >= 15 is 0 Å². The number of halogens is 2. The Kier molecular flexibility index (Phi) is 5.39. The number of fused-ring (bicyclic) bond motifs is 1. The summed E-state index contributed by atoms with van der Waals surface area (Å²) in [7, 11) is 0. The Labute approximate surface area is 156 Å². The molecule has 1 heterocycles. The van der Waals surface area contributed by atoms with E-state index in [-0.39, 0.29) is 17.5 Å². The lowest BCUT2D eigenvalue weighted by atomic mass is 10.0. The van der Waals surface area contributed by atoms with Gasteiger partial charge in [0.2, 0.25) is 5.91 Å². The largest absolute Gasteiger partial charge is 0.326 e. The first-order valence-electron chi connectivity index (χ1n) is 8.78. The van der Waals surface area contributed by atoms with E-state index in [1.807, 2.05) is 38.1 Å². The molecule has 0 spiro atoms. The van der Waals surface area contributed by atoms with Crippen LogP contribution in [0.4, 0.5) is 25.0 Å². The SMILES string of the molecule is CC(C)C(NC(=O)Nc1cc(F)ccc1F)C(=O)N1CCc2ccccc21. The molecule has 0 saturated heterocycles. The molecule has 1 aliphatic heterocycles. The van der Waals surface area contributed by atoms with Crippen LogP contribution >= 0.6 is 0 Å². The monoisotopic (exact) mass is 373 g/mol. The summed E-state index contributed by atoms with van der Waals surface area (Å²) in [4.78, 5) is 26.9. The van der Waals surface area contributed by atoms with Crippen molar-refractivity contribution < 1.29 is 18.4 Å². The van der Waals surface area contributed by atoms with Crippen LogP contribution in [0, 0.1) is 17.6 Å². The fourth-order valence-electron chi connectivity index (χ4n) is 3.14. The van der Waals surface area contributed by atoms with Gasteiger partial charge in [-0.25, -0.2) is 13.6 Å². The van der Waals surface area contributed by atoms with Gasteiger partial charge in [-0.05, 0) is 36.1 Å². The second-order valence-electron chi connectivity index (χ2n) is 6.81. The molecule has 0 radical (unpaired) electrons. The van der Waals surface area contributed by atoms with Crippen molar-refractivity contribution in [1.82, 2.24) is 5.32 Å². The standard InChI is InChI=1S/C20H21F2N3O2/c1-12(2)18(19(26)25-10-9-13-5-3-4-6-17(13)25)24-20(27)23-16-11-14(21)7-8-15(16)22/h3-8,11-12,18H,9-10H2,1-2H3,(H2,23,24,27). The summed E-state index contributed by atoms with van der Waals surface area (Å²) in [6.45, 7) is 4.17. The molecular formula is C20H21F2N3O2. The van der Waals surface area contributed by atoms with Gasteiger partial charge in [-0.2, -0.15) is 0 Å². The number of para-hydroxylation sites is 1. The third-order valence-corrected chi connectivity index (χ3v) is 4.55. The molecule has 0 saturated carbocycles. The zero-order valence-corrected chi connectivity index (χ0v) is 15.1. The van der Waals surface area contributed by atoms with Gasteiger partial charge in [-0.1, -0.05) is 32.0 Å². The molecule has 2 aromatic carbocycles. The Morgan fingerprint density at radius 3 is 2.59 bits per heavy atom. The Morgan fingerprint density at radius 2 is 1.85 bits per heavy atom. The molecule has 2 aromatic rings. The van der Waals surface area contributed by atoms with E-state index in [0.717, 1.165) is 35.9 Å². The first-order chi connectivity index (χ1) is 12.9. The predicted molar refractivity (Wildman–Crippen MR) is 99.6 cm³/mol. The molecule has 5 nitrogen and oxygen atoms in total. The van der Waals surface area contributed by atoms with E-state index < -0.39 is 23.7 Å². The quantitative estimate of drug-likeness (QED) is 0.858. The lowest BCUT2D eigenvalue weighted by Crippen LogP contribution is -2.52. The smallest absolute Gasteiger partial charge is 0.319 e. The van der Waals surface area contributed by atoms with Gasteiger partial charge in [0.05, 0.1) is 5.69 Å². The highest BCUT2D eigenvalue weighted by molar-refractivity contribution is 6.02. The van der Waals surface area contributed by atoms with Crippen LogP contribution in [0.25, 0.3) is 0 Å². The number of carbonyl (C=O) groups is 2. The Balaban J connectivity index is 1.73. The van der Waals surface area contributed by atoms with Crippen molar-refractivity contribution in [2.24, 2.45) is 5.92 Å². The molecule has 1 atom stereocenters. The molecular weight excluding hydrogens is 352 g/mol. The van der Waals surface area contributed by atoms with Crippen molar-refractivity contribution in [3.05, 3.63) is 59.7 Å². The molecule has 7 heteroatoms. The topological polar surface area (TPSA) is 61.4 Å². The summed E-state index contributed by atoms with van der Waals surface area (Å²) in [6, 6.07) is 8.85. The van der Waals surface area contributed by atoms with Crippen LogP contribution in [0.3, 0.4) is 0 Å². The van der Waals surface area contributed by atoms with Crippen molar-refractivity contribution in [2.75, 3.05) is 16.8 Å². The third kappa shape index (κ3) is 4.07. The van der Waals surface area contributed by atoms with Crippen molar-refractivity contribution >= 4 is 23.3 Å².